The molecule has 0 spiro atoms. The lowest BCUT2D eigenvalue weighted by Gasteiger charge is -2.39. The van der Waals surface area contributed by atoms with E-state index in [1.807, 2.05) is 24.3 Å². The summed E-state index contributed by atoms with van der Waals surface area (Å²) >= 11 is 0. The van der Waals surface area contributed by atoms with Gasteiger partial charge < -0.3 is 10.0 Å². The van der Waals surface area contributed by atoms with E-state index in [0.717, 1.165) is 36.0 Å². The lowest BCUT2D eigenvalue weighted by Crippen LogP contribution is -2.33. The van der Waals surface area contributed by atoms with Gasteiger partial charge in [0.2, 0.25) is 0 Å². The van der Waals surface area contributed by atoms with Crippen LogP contribution in [0.3, 0.4) is 0 Å². The minimum atomic E-state index is -1.44. The van der Waals surface area contributed by atoms with Gasteiger partial charge in [-0.15, -0.1) is 0 Å². The monoisotopic (exact) mass is 305 g/mol. The van der Waals surface area contributed by atoms with E-state index in [1.54, 1.807) is 6.07 Å². The molecule has 2 aliphatic rings. The van der Waals surface area contributed by atoms with Crippen molar-refractivity contribution in [1.82, 2.24) is 0 Å². The van der Waals surface area contributed by atoms with Crippen molar-refractivity contribution >= 4 is 18.2 Å². The van der Waals surface area contributed by atoms with Crippen molar-refractivity contribution in [2.24, 2.45) is 5.41 Å². The number of fused-ring (bicyclic) bond motifs is 3. The highest BCUT2D eigenvalue weighted by atomic mass is 16.4. The van der Waals surface area contributed by atoms with E-state index in [4.69, 9.17) is 0 Å². The predicted octanol–water partition coefficient (Wildman–Crippen LogP) is 2.50. The van der Waals surface area contributed by atoms with Crippen molar-refractivity contribution in [3.05, 3.63) is 58.7 Å². The van der Waals surface area contributed by atoms with Crippen LogP contribution in [0, 0.1) is 16.7 Å². The fraction of sp³-hybridized carbons (Fsp3) is 0.316. The smallest absolute Gasteiger partial charge is 0.423 e. The summed E-state index contributed by atoms with van der Waals surface area (Å²) in [6.07, 6.45) is 8.69. The van der Waals surface area contributed by atoms with Gasteiger partial charge in [-0.25, -0.2) is 0 Å². The normalized spacial score (nSPS) is 22.7. The number of hydrogen-bond donors (Lipinski definition) is 2. The summed E-state index contributed by atoms with van der Waals surface area (Å²) in [5.41, 5.74) is 5.86. The second kappa shape index (κ2) is 5.84. The summed E-state index contributed by atoms with van der Waals surface area (Å²) in [6.45, 7) is 4.38. The molecule has 23 heavy (non-hydrogen) atoms. The first kappa shape index (κ1) is 15.8. The molecule has 0 amide bonds. The summed E-state index contributed by atoms with van der Waals surface area (Å²) < 4.78 is 0. The van der Waals surface area contributed by atoms with Crippen molar-refractivity contribution < 1.29 is 10.0 Å². The van der Waals surface area contributed by atoms with Crippen molar-refractivity contribution in [2.75, 3.05) is 0 Å². The molecule has 0 aromatic heterocycles. The molecule has 0 saturated carbocycles. The molecule has 0 fully saturated rings. The van der Waals surface area contributed by atoms with Crippen LogP contribution in [0.1, 0.15) is 37.8 Å². The third kappa shape index (κ3) is 2.67. The number of rotatable bonds is 2. The standard InChI is InChI=1S/C19H20BNO2/c1-3-19(2)11-14-10-15(20(22)23)7-8-16(14)17-6-4-5-13(12-21)9-18(17)19/h5-10,22-23H,3-4,11H2,1-2H3. The Bertz CT molecular complexity index is 783. The Morgan fingerprint density at radius 3 is 2.74 bits per heavy atom. The van der Waals surface area contributed by atoms with E-state index in [0.29, 0.717) is 5.46 Å². The summed E-state index contributed by atoms with van der Waals surface area (Å²) in [5, 5.41) is 28.2. The highest BCUT2D eigenvalue weighted by Gasteiger charge is 2.36. The van der Waals surface area contributed by atoms with Crippen molar-refractivity contribution in [3.63, 3.8) is 0 Å². The van der Waals surface area contributed by atoms with E-state index in [9.17, 15) is 15.3 Å². The molecular weight excluding hydrogens is 285 g/mol. The first-order valence-electron chi connectivity index (χ1n) is 8.01. The van der Waals surface area contributed by atoms with E-state index in [1.165, 1.54) is 11.1 Å². The van der Waals surface area contributed by atoms with Gasteiger partial charge in [-0.05, 0) is 58.5 Å². The zero-order valence-electron chi connectivity index (χ0n) is 13.5. The Balaban J connectivity index is 2.20. The van der Waals surface area contributed by atoms with Crippen molar-refractivity contribution in [3.8, 4) is 6.07 Å². The Morgan fingerprint density at radius 2 is 2.09 bits per heavy atom. The van der Waals surface area contributed by atoms with Crippen molar-refractivity contribution in [1.29, 1.82) is 5.26 Å². The average molecular weight is 305 g/mol. The van der Waals surface area contributed by atoms with Gasteiger partial charge in [0.15, 0.2) is 0 Å². The molecule has 0 radical (unpaired) electrons. The first-order chi connectivity index (χ1) is 11.0. The molecule has 3 nitrogen and oxygen atoms in total. The summed E-state index contributed by atoms with van der Waals surface area (Å²) in [4.78, 5) is 0. The molecule has 2 N–H and O–H groups in total. The molecule has 0 bridgehead atoms. The summed E-state index contributed by atoms with van der Waals surface area (Å²) in [7, 11) is -1.44. The highest BCUT2D eigenvalue weighted by Crippen LogP contribution is 2.49. The second-order valence-electron chi connectivity index (χ2n) is 6.56. The lowest BCUT2D eigenvalue weighted by molar-refractivity contribution is 0.384. The van der Waals surface area contributed by atoms with Crippen LogP contribution in [-0.2, 0) is 6.42 Å². The molecule has 116 valence electrons. The molecule has 1 aromatic rings. The van der Waals surface area contributed by atoms with Crippen LogP contribution in [0.5, 0.6) is 0 Å². The van der Waals surface area contributed by atoms with Crippen LogP contribution in [0.2, 0.25) is 0 Å². The third-order valence-electron chi connectivity index (χ3n) is 5.11. The SMILES string of the molecule is CCC1(C)Cc2cc(B(O)O)ccc2C2=CCC=C(C#N)C=C21. The minimum absolute atomic E-state index is 0.0574. The Kier molecular flexibility index (Phi) is 4.01. The number of nitrogens with zero attached hydrogens (tertiary/aromatic N) is 1. The number of benzene rings is 1. The largest absolute Gasteiger partial charge is 0.488 e. The fourth-order valence-electron chi connectivity index (χ4n) is 3.55. The lowest BCUT2D eigenvalue weighted by atomic mass is 9.64. The average Bonchev–Trinajstić information content (AvgIpc) is 2.77. The molecule has 1 unspecified atom stereocenters. The molecule has 0 heterocycles. The van der Waals surface area contributed by atoms with Crippen LogP contribution in [0.4, 0.5) is 0 Å². The van der Waals surface area contributed by atoms with Gasteiger partial charge in [0.25, 0.3) is 0 Å². The Labute approximate surface area is 137 Å². The van der Waals surface area contributed by atoms with Gasteiger partial charge in [-0.2, -0.15) is 5.26 Å². The maximum absolute atomic E-state index is 9.44. The minimum Gasteiger partial charge on any atom is -0.423 e. The van der Waals surface area contributed by atoms with Gasteiger partial charge in [0, 0.05) is 5.57 Å². The second-order valence-corrected chi connectivity index (χ2v) is 6.56. The Hall–Kier alpha value is -2.09. The van der Waals surface area contributed by atoms with Crippen molar-refractivity contribution in [2.45, 2.75) is 33.1 Å². The van der Waals surface area contributed by atoms with Crippen LogP contribution >= 0.6 is 0 Å². The summed E-state index contributed by atoms with van der Waals surface area (Å²) in [6, 6.07) is 7.90. The molecule has 2 aliphatic carbocycles. The zero-order valence-corrected chi connectivity index (χ0v) is 13.5. The molecule has 0 saturated heterocycles. The van der Waals surface area contributed by atoms with Crippen LogP contribution in [0.25, 0.3) is 5.57 Å². The molecule has 1 atom stereocenters. The first-order valence-corrected chi connectivity index (χ1v) is 8.01. The number of allylic oxidation sites excluding steroid dienone is 6. The molecule has 0 aliphatic heterocycles. The highest BCUT2D eigenvalue weighted by molar-refractivity contribution is 6.58. The molecule has 4 heteroatoms. The zero-order chi connectivity index (χ0) is 16.6. The maximum Gasteiger partial charge on any atom is 0.488 e. The maximum atomic E-state index is 9.44. The molecule has 1 aromatic carbocycles. The van der Waals surface area contributed by atoms with E-state index in [2.05, 4.69) is 26.0 Å². The van der Waals surface area contributed by atoms with Gasteiger partial charge in [-0.1, -0.05) is 44.2 Å². The fourth-order valence-corrected chi connectivity index (χ4v) is 3.55. The molecular formula is C19H20BNO2. The van der Waals surface area contributed by atoms with Gasteiger partial charge in [0.05, 0.1) is 6.07 Å². The third-order valence-corrected chi connectivity index (χ3v) is 5.11. The summed E-state index contributed by atoms with van der Waals surface area (Å²) in [5.74, 6) is 0. The van der Waals surface area contributed by atoms with Gasteiger partial charge in [0.1, 0.15) is 0 Å². The predicted molar refractivity (Wildman–Crippen MR) is 92.7 cm³/mol. The number of nitriles is 1. The van der Waals surface area contributed by atoms with Gasteiger partial charge in [-0.3, -0.25) is 0 Å². The van der Waals surface area contributed by atoms with E-state index < -0.39 is 7.12 Å². The van der Waals surface area contributed by atoms with Crippen LogP contribution < -0.4 is 5.46 Å². The van der Waals surface area contributed by atoms with E-state index in [-0.39, 0.29) is 5.41 Å². The van der Waals surface area contributed by atoms with Crippen LogP contribution in [-0.4, -0.2) is 17.2 Å². The number of hydrogen-bond acceptors (Lipinski definition) is 3. The Morgan fingerprint density at radius 1 is 1.30 bits per heavy atom. The van der Waals surface area contributed by atoms with Gasteiger partial charge >= 0.3 is 7.12 Å². The topological polar surface area (TPSA) is 64.2 Å². The van der Waals surface area contributed by atoms with Crippen LogP contribution in [0.15, 0.2) is 47.6 Å². The molecule has 3 rings (SSSR count). The van der Waals surface area contributed by atoms with E-state index >= 15 is 0 Å². The quantitative estimate of drug-likeness (QED) is 0.825.